The average Bonchev–Trinajstić information content (AvgIpc) is 3.11. The summed E-state index contributed by atoms with van der Waals surface area (Å²) >= 11 is 0. The number of hydrogen-bond acceptors (Lipinski definition) is 8. The summed E-state index contributed by atoms with van der Waals surface area (Å²) in [4.78, 5) is 29.7. The van der Waals surface area contributed by atoms with E-state index < -0.39 is 33.1 Å². The van der Waals surface area contributed by atoms with Crippen molar-refractivity contribution in [3.05, 3.63) is 35.2 Å². The van der Waals surface area contributed by atoms with E-state index in [1.54, 1.807) is 20.8 Å². The molecule has 11 heteroatoms. The van der Waals surface area contributed by atoms with E-state index in [1.807, 2.05) is 0 Å². The number of Topliss-reactive ketones (excluding diaryl/α,β-unsaturated/α-hetero) is 1. The highest BCUT2D eigenvalue weighted by Crippen LogP contribution is 2.34. The van der Waals surface area contributed by atoms with Gasteiger partial charge in [-0.2, -0.15) is 0 Å². The fourth-order valence-electron chi connectivity index (χ4n) is 3.03. The third-order valence-corrected chi connectivity index (χ3v) is 6.15. The molecule has 0 saturated heterocycles. The van der Waals surface area contributed by atoms with Gasteiger partial charge in [0.2, 0.25) is 5.88 Å². The Bertz CT molecular complexity index is 1290. The summed E-state index contributed by atoms with van der Waals surface area (Å²) in [6.45, 7) is 9.14. The van der Waals surface area contributed by atoms with Gasteiger partial charge in [0.15, 0.2) is 16.4 Å². The quantitative estimate of drug-likeness (QED) is 0.567. The van der Waals surface area contributed by atoms with E-state index in [-0.39, 0.29) is 33.1 Å². The zero-order valence-electron chi connectivity index (χ0n) is 17.9. The molecule has 0 aliphatic rings. The van der Waals surface area contributed by atoms with Gasteiger partial charge in [0.05, 0.1) is 22.2 Å². The number of benzene rings is 1. The maximum absolute atomic E-state index is 12.8. The van der Waals surface area contributed by atoms with Crippen LogP contribution in [0.4, 0.5) is 5.69 Å². The molecule has 0 aliphatic carbocycles. The molecule has 0 atom stereocenters. The molecule has 2 heterocycles. The van der Waals surface area contributed by atoms with Crippen LogP contribution >= 0.6 is 0 Å². The number of aromatic nitrogens is 2. The Balaban J connectivity index is 2.14. The number of aryl methyl sites for hydroxylation is 2. The van der Waals surface area contributed by atoms with Crippen LogP contribution in [0.25, 0.3) is 10.9 Å². The molecule has 166 valence electrons. The normalized spacial score (nSPS) is 12.2. The molecule has 2 aromatic heterocycles. The Kier molecular flexibility index (Phi) is 5.34. The van der Waals surface area contributed by atoms with E-state index in [1.165, 1.54) is 39.0 Å². The van der Waals surface area contributed by atoms with Crippen molar-refractivity contribution in [2.45, 2.75) is 46.4 Å². The first-order valence-electron chi connectivity index (χ1n) is 9.31. The molecular formula is C20H23N3O7S. The second-order valence-corrected chi connectivity index (χ2v) is 9.79. The first-order chi connectivity index (χ1) is 14.2. The van der Waals surface area contributed by atoms with Crippen LogP contribution in [0.5, 0.6) is 5.88 Å². The zero-order chi connectivity index (χ0) is 23.3. The molecule has 10 nitrogen and oxygen atoms in total. The highest BCUT2D eigenvalue weighted by molar-refractivity contribution is 7.92. The lowest BCUT2D eigenvalue weighted by Gasteiger charge is -2.17. The molecule has 0 unspecified atom stereocenters. The van der Waals surface area contributed by atoms with Crippen LogP contribution in [0.1, 0.15) is 49.5 Å². The number of hydrogen-bond donors (Lipinski definition) is 2. The van der Waals surface area contributed by atoms with Gasteiger partial charge in [-0.1, -0.05) is 5.16 Å². The van der Waals surface area contributed by atoms with Gasteiger partial charge in [0.1, 0.15) is 5.69 Å². The maximum Gasteiger partial charge on any atom is 0.338 e. The second-order valence-electron chi connectivity index (χ2n) is 8.17. The SMILES string of the molecule is CC(=O)c1c(O)n(OC(=O)C(C)(C)C)c2cc(NS(=O)(=O)c3c(C)noc3C)ccc12. The highest BCUT2D eigenvalue weighted by atomic mass is 32.2. The van der Waals surface area contributed by atoms with E-state index in [4.69, 9.17) is 9.36 Å². The summed E-state index contributed by atoms with van der Waals surface area (Å²) in [5.41, 5.74) is -0.476. The fraction of sp³-hybridized carbons (Fsp3) is 0.350. The van der Waals surface area contributed by atoms with Crippen molar-refractivity contribution in [2.75, 3.05) is 4.72 Å². The smallest absolute Gasteiger partial charge is 0.338 e. The minimum Gasteiger partial charge on any atom is -0.492 e. The molecule has 0 aliphatic heterocycles. The minimum absolute atomic E-state index is 0.0446. The number of nitrogens with one attached hydrogen (secondary N) is 1. The summed E-state index contributed by atoms with van der Waals surface area (Å²) in [5, 5.41) is 14.5. The number of anilines is 1. The van der Waals surface area contributed by atoms with Crippen LogP contribution in [-0.4, -0.2) is 35.2 Å². The van der Waals surface area contributed by atoms with Gasteiger partial charge in [-0.25, -0.2) is 13.2 Å². The molecule has 31 heavy (non-hydrogen) atoms. The van der Waals surface area contributed by atoms with Crippen molar-refractivity contribution in [1.82, 2.24) is 9.89 Å². The summed E-state index contributed by atoms with van der Waals surface area (Å²) in [5.74, 6) is -1.52. The Morgan fingerprint density at radius 1 is 1.23 bits per heavy atom. The van der Waals surface area contributed by atoms with E-state index in [0.717, 1.165) is 4.73 Å². The monoisotopic (exact) mass is 449 g/mol. The third-order valence-electron chi connectivity index (χ3n) is 4.53. The lowest BCUT2D eigenvalue weighted by Crippen LogP contribution is -2.31. The van der Waals surface area contributed by atoms with Gasteiger partial charge >= 0.3 is 5.97 Å². The van der Waals surface area contributed by atoms with Crippen molar-refractivity contribution >= 4 is 38.4 Å². The predicted octanol–water partition coefficient (Wildman–Crippen LogP) is 2.96. The molecule has 0 amide bonds. The number of carbonyl (C=O) groups excluding carboxylic acids is 2. The van der Waals surface area contributed by atoms with E-state index >= 15 is 0 Å². The van der Waals surface area contributed by atoms with Gasteiger partial charge in [0.25, 0.3) is 10.0 Å². The van der Waals surface area contributed by atoms with Gasteiger partial charge in [-0.05, 0) is 59.7 Å². The average molecular weight is 449 g/mol. The lowest BCUT2D eigenvalue weighted by molar-refractivity contribution is -0.153. The molecule has 0 saturated carbocycles. The van der Waals surface area contributed by atoms with Gasteiger partial charge < -0.3 is 14.5 Å². The number of carbonyl (C=O) groups is 2. The van der Waals surface area contributed by atoms with Crippen molar-refractivity contribution in [1.29, 1.82) is 0 Å². The molecule has 0 spiro atoms. The zero-order valence-corrected chi connectivity index (χ0v) is 18.7. The molecule has 0 radical (unpaired) electrons. The van der Waals surface area contributed by atoms with Crippen molar-refractivity contribution in [3.8, 4) is 5.88 Å². The van der Waals surface area contributed by atoms with E-state index in [2.05, 4.69) is 9.88 Å². The summed E-state index contributed by atoms with van der Waals surface area (Å²) in [6.07, 6.45) is 0. The summed E-state index contributed by atoms with van der Waals surface area (Å²) < 4.78 is 33.8. The predicted molar refractivity (Wildman–Crippen MR) is 111 cm³/mol. The first-order valence-corrected chi connectivity index (χ1v) is 10.8. The number of rotatable bonds is 5. The second kappa shape index (κ2) is 7.41. The number of nitrogens with zero attached hydrogens (tertiary/aromatic N) is 2. The first kappa shape index (κ1) is 22.3. The molecule has 0 bridgehead atoms. The van der Waals surface area contributed by atoms with Crippen molar-refractivity contribution in [3.63, 3.8) is 0 Å². The van der Waals surface area contributed by atoms with Crippen LogP contribution in [0.15, 0.2) is 27.6 Å². The van der Waals surface area contributed by atoms with Crippen LogP contribution in [-0.2, 0) is 14.8 Å². The lowest BCUT2D eigenvalue weighted by atomic mass is 9.98. The molecule has 0 fully saturated rings. The summed E-state index contributed by atoms with van der Waals surface area (Å²) in [6, 6.07) is 4.24. The van der Waals surface area contributed by atoms with E-state index in [0.29, 0.717) is 5.39 Å². The van der Waals surface area contributed by atoms with Crippen molar-refractivity contribution in [2.24, 2.45) is 5.41 Å². The van der Waals surface area contributed by atoms with Crippen LogP contribution < -0.4 is 9.56 Å². The number of sulfonamides is 1. The Morgan fingerprint density at radius 2 is 1.87 bits per heavy atom. The fourth-order valence-corrected chi connectivity index (χ4v) is 4.42. The van der Waals surface area contributed by atoms with Gasteiger partial charge in [0, 0.05) is 5.39 Å². The van der Waals surface area contributed by atoms with Crippen molar-refractivity contribution < 1.29 is 32.5 Å². The van der Waals surface area contributed by atoms with E-state index in [9.17, 15) is 23.1 Å². The molecule has 3 aromatic rings. The number of fused-ring (bicyclic) bond motifs is 1. The minimum atomic E-state index is -4.03. The third kappa shape index (κ3) is 4.00. The Hall–Kier alpha value is -3.34. The molecule has 3 rings (SSSR count). The number of ketones is 1. The van der Waals surface area contributed by atoms with Gasteiger partial charge in [-0.3, -0.25) is 9.52 Å². The molecule has 1 aromatic carbocycles. The number of aromatic hydroxyl groups is 1. The topological polar surface area (TPSA) is 141 Å². The van der Waals surface area contributed by atoms with Gasteiger partial charge in [-0.15, -0.1) is 4.73 Å². The molecular weight excluding hydrogens is 426 g/mol. The maximum atomic E-state index is 12.8. The molecule has 2 N–H and O–H groups in total. The van der Waals surface area contributed by atoms with Crippen LogP contribution in [0.3, 0.4) is 0 Å². The van der Waals surface area contributed by atoms with Crippen LogP contribution in [0, 0.1) is 19.3 Å². The summed E-state index contributed by atoms with van der Waals surface area (Å²) in [7, 11) is -4.03. The Morgan fingerprint density at radius 3 is 2.39 bits per heavy atom. The highest BCUT2D eigenvalue weighted by Gasteiger charge is 2.29. The largest absolute Gasteiger partial charge is 0.492 e. The van der Waals surface area contributed by atoms with Crippen LogP contribution in [0.2, 0.25) is 0 Å². The standard InChI is InChI=1S/C20H23N3O7S/c1-10-17(12(3)29-21-10)31(27,28)22-13-7-8-14-15(9-13)23(18(25)16(14)11(2)24)30-19(26)20(4,5)6/h7-9,22,25H,1-6H3. The Labute approximate surface area is 178 Å².